The van der Waals surface area contributed by atoms with Crippen LogP contribution in [-0.2, 0) is 6.54 Å². The zero-order chi connectivity index (χ0) is 16.8. The Morgan fingerprint density at radius 1 is 1.21 bits per heavy atom. The second-order valence-corrected chi connectivity index (χ2v) is 7.40. The van der Waals surface area contributed by atoms with Crippen molar-refractivity contribution in [2.45, 2.75) is 24.6 Å². The van der Waals surface area contributed by atoms with Gasteiger partial charge in [0.25, 0.3) is 0 Å². The molecule has 0 aromatic heterocycles. The number of rotatable bonds is 5. The fraction of sp³-hybridized carbons (Fsp3) is 0.421. The Morgan fingerprint density at radius 2 is 2.04 bits per heavy atom. The number of methoxy groups -OCH3 is 1. The Balaban J connectivity index is 1.57. The van der Waals surface area contributed by atoms with Gasteiger partial charge in [-0.3, -0.25) is 4.99 Å². The van der Waals surface area contributed by atoms with Crippen LogP contribution in [0.4, 0.5) is 0 Å². The zero-order valence-corrected chi connectivity index (χ0v) is 15.2. The number of nitrogens with one attached hydrogen (secondary N) is 2. The molecule has 1 aliphatic rings. The van der Waals surface area contributed by atoms with E-state index in [9.17, 15) is 0 Å². The molecule has 1 unspecified atom stereocenters. The van der Waals surface area contributed by atoms with Crippen LogP contribution >= 0.6 is 11.8 Å². The largest absolute Gasteiger partial charge is 0.497 e. The van der Waals surface area contributed by atoms with Gasteiger partial charge in [-0.2, -0.15) is 11.8 Å². The quantitative estimate of drug-likeness (QED) is 0.645. The van der Waals surface area contributed by atoms with Gasteiger partial charge in [-0.05, 0) is 53.1 Å². The maximum Gasteiger partial charge on any atom is 0.191 e. The molecule has 3 rings (SSSR count). The summed E-state index contributed by atoms with van der Waals surface area (Å²) < 4.78 is 5.28. The van der Waals surface area contributed by atoms with Crippen LogP contribution in [0.1, 0.15) is 18.4 Å². The SMILES string of the molecule is CN=C(NCc1ccc2cc(OC)ccc2c1)NCC1CCCS1. The molecule has 0 amide bonds. The lowest BCUT2D eigenvalue weighted by Crippen LogP contribution is -2.39. The molecule has 1 heterocycles. The van der Waals surface area contributed by atoms with Crippen molar-refractivity contribution >= 4 is 28.5 Å². The van der Waals surface area contributed by atoms with Gasteiger partial charge in [-0.15, -0.1) is 0 Å². The number of nitrogens with zero attached hydrogens (tertiary/aromatic N) is 1. The van der Waals surface area contributed by atoms with Gasteiger partial charge in [-0.25, -0.2) is 0 Å². The molecule has 2 N–H and O–H groups in total. The summed E-state index contributed by atoms with van der Waals surface area (Å²) in [7, 11) is 3.52. The van der Waals surface area contributed by atoms with Crippen LogP contribution in [0.5, 0.6) is 5.75 Å². The van der Waals surface area contributed by atoms with E-state index in [0.29, 0.717) is 0 Å². The van der Waals surface area contributed by atoms with Crippen molar-refractivity contribution in [2.24, 2.45) is 4.99 Å². The van der Waals surface area contributed by atoms with E-state index in [4.69, 9.17) is 4.74 Å². The van der Waals surface area contributed by atoms with Crippen molar-refractivity contribution < 1.29 is 4.74 Å². The molecule has 0 bridgehead atoms. The summed E-state index contributed by atoms with van der Waals surface area (Å²) in [5.74, 6) is 3.06. The van der Waals surface area contributed by atoms with E-state index in [0.717, 1.165) is 30.0 Å². The van der Waals surface area contributed by atoms with Crippen molar-refractivity contribution in [3.63, 3.8) is 0 Å². The summed E-state index contributed by atoms with van der Waals surface area (Å²) in [6.07, 6.45) is 2.65. The average molecular weight is 343 g/mol. The first-order valence-electron chi connectivity index (χ1n) is 8.41. The highest BCUT2D eigenvalue weighted by Gasteiger charge is 2.15. The highest BCUT2D eigenvalue weighted by atomic mass is 32.2. The normalized spacial score (nSPS) is 17.9. The number of benzene rings is 2. The molecule has 1 atom stereocenters. The van der Waals surface area contributed by atoms with Crippen LogP contribution in [0.15, 0.2) is 41.4 Å². The maximum atomic E-state index is 5.28. The predicted octanol–water partition coefficient (Wildman–Crippen LogP) is 3.41. The Hall–Kier alpha value is -1.88. The Morgan fingerprint density at radius 3 is 2.79 bits per heavy atom. The molecular formula is C19H25N3OS. The second kappa shape index (κ2) is 8.29. The van der Waals surface area contributed by atoms with Gasteiger partial charge in [-0.1, -0.05) is 18.2 Å². The van der Waals surface area contributed by atoms with Crippen LogP contribution in [-0.4, -0.2) is 37.7 Å². The monoisotopic (exact) mass is 343 g/mol. The molecule has 5 heteroatoms. The average Bonchev–Trinajstić information content (AvgIpc) is 3.14. The second-order valence-electron chi connectivity index (χ2n) is 5.99. The first kappa shape index (κ1) is 17.0. The lowest BCUT2D eigenvalue weighted by atomic mass is 10.1. The minimum atomic E-state index is 0.721. The first-order valence-corrected chi connectivity index (χ1v) is 9.46. The minimum absolute atomic E-state index is 0.721. The molecular weight excluding hydrogens is 318 g/mol. The third-order valence-electron chi connectivity index (χ3n) is 4.32. The summed E-state index contributed by atoms with van der Waals surface area (Å²) >= 11 is 2.06. The van der Waals surface area contributed by atoms with Crippen LogP contribution in [0, 0.1) is 0 Å². The Kier molecular flexibility index (Phi) is 5.86. The molecule has 1 saturated heterocycles. The standard InChI is InChI=1S/C19H25N3OS/c1-20-19(22-13-18-4-3-9-24-18)21-12-14-5-6-16-11-17(23-2)8-7-15(16)10-14/h5-8,10-11,18H,3-4,9,12-13H2,1-2H3,(H2,20,21,22). The number of hydrogen-bond donors (Lipinski definition) is 2. The Labute approximate surface area is 148 Å². The van der Waals surface area contributed by atoms with Crippen molar-refractivity contribution in [3.05, 3.63) is 42.0 Å². The maximum absolute atomic E-state index is 5.28. The summed E-state index contributed by atoms with van der Waals surface area (Å²) in [6, 6.07) is 12.7. The third-order valence-corrected chi connectivity index (χ3v) is 5.71. The lowest BCUT2D eigenvalue weighted by Gasteiger charge is -2.15. The van der Waals surface area contributed by atoms with Gasteiger partial charge in [0.15, 0.2) is 5.96 Å². The highest BCUT2D eigenvalue weighted by molar-refractivity contribution is 8.00. The van der Waals surface area contributed by atoms with Crippen LogP contribution in [0.25, 0.3) is 10.8 Å². The zero-order valence-electron chi connectivity index (χ0n) is 14.3. The summed E-state index contributed by atoms with van der Waals surface area (Å²) in [5, 5.41) is 9.97. The molecule has 0 aliphatic carbocycles. The van der Waals surface area contributed by atoms with E-state index in [1.165, 1.54) is 34.9 Å². The number of aliphatic imine (C=N–C) groups is 1. The van der Waals surface area contributed by atoms with Crippen molar-refractivity contribution in [2.75, 3.05) is 26.5 Å². The van der Waals surface area contributed by atoms with Crippen LogP contribution < -0.4 is 15.4 Å². The topological polar surface area (TPSA) is 45.7 Å². The molecule has 0 radical (unpaired) electrons. The molecule has 1 fully saturated rings. The number of fused-ring (bicyclic) bond motifs is 1. The third kappa shape index (κ3) is 4.35. The van der Waals surface area contributed by atoms with E-state index in [1.54, 1.807) is 7.11 Å². The van der Waals surface area contributed by atoms with E-state index < -0.39 is 0 Å². The van der Waals surface area contributed by atoms with Gasteiger partial charge < -0.3 is 15.4 Å². The highest BCUT2D eigenvalue weighted by Crippen LogP contribution is 2.25. The fourth-order valence-electron chi connectivity index (χ4n) is 2.93. The van der Waals surface area contributed by atoms with Gasteiger partial charge in [0.1, 0.15) is 5.75 Å². The number of guanidine groups is 1. The van der Waals surface area contributed by atoms with Crippen molar-refractivity contribution in [1.82, 2.24) is 10.6 Å². The Bertz CT molecular complexity index is 711. The van der Waals surface area contributed by atoms with Gasteiger partial charge in [0.2, 0.25) is 0 Å². The predicted molar refractivity (Wildman–Crippen MR) is 104 cm³/mol. The number of hydrogen-bond acceptors (Lipinski definition) is 3. The summed E-state index contributed by atoms with van der Waals surface area (Å²) in [6.45, 7) is 1.75. The van der Waals surface area contributed by atoms with Gasteiger partial charge in [0.05, 0.1) is 7.11 Å². The number of thioether (sulfide) groups is 1. The van der Waals surface area contributed by atoms with E-state index >= 15 is 0 Å². The van der Waals surface area contributed by atoms with Gasteiger partial charge >= 0.3 is 0 Å². The smallest absolute Gasteiger partial charge is 0.191 e. The molecule has 4 nitrogen and oxygen atoms in total. The summed E-state index contributed by atoms with van der Waals surface area (Å²) in [5.41, 5.74) is 1.24. The van der Waals surface area contributed by atoms with Gasteiger partial charge in [0, 0.05) is 25.4 Å². The molecule has 2 aromatic carbocycles. The van der Waals surface area contributed by atoms with E-state index in [2.05, 4.69) is 57.7 Å². The number of ether oxygens (including phenoxy) is 1. The van der Waals surface area contributed by atoms with Crippen molar-refractivity contribution in [3.8, 4) is 5.75 Å². The minimum Gasteiger partial charge on any atom is -0.497 e. The molecule has 0 spiro atoms. The first-order chi connectivity index (χ1) is 11.8. The van der Waals surface area contributed by atoms with Crippen LogP contribution in [0.3, 0.4) is 0 Å². The molecule has 24 heavy (non-hydrogen) atoms. The fourth-order valence-corrected chi connectivity index (χ4v) is 4.13. The summed E-state index contributed by atoms with van der Waals surface area (Å²) in [4.78, 5) is 4.32. The van der Waals surface area contributed by atoms with E-state index in [-0.39, 0.29) is 0 Å². The van der Waals surface area contributed by atoms with E-state index in [1.807, 2.05) is 13.1 Å². The molecule has 2 aromatic rings. The lowest BCUT2D eigenvalue weighted by molar-refractivity contribution is 0.415. The molecule has 1 aliphatic heterocycles. The molecule has 128 valence electrons. The van der Waals surface area contributed by atoms with Crippen molar-refractivity contribution in [1.29, 1.82) is 0 Å². The van der Waals surface area contributed by atoms with Crippen LogP contribution in [0.2, 0.25) is 0 Å². The molecule has 0 saturated carbocycles.